The molecule has 0 aromatic heterocycles. The highest BCUT2D eigenvalue weighted by Crippen LogP contribution is 2.25. The van der Waals surface area contributed by atoms with Crippen molar-refractivity contribution in [3.63, 3.8) is 0 Å². The zero-order valence-corrected chi connectivity index (χ0v) is 9.26. The number of nitrogens with one attached hydrogen (secondary N) is 1. The van der Waals surface area contributed by atoms with Gasteiger partial charge in [-0.05, 0) is 24.1 Å². The molecule has 6 nitrogen and oxygen atoms in total. The first-order chi connectivity index (χ1) is 8.04. The lowest BCUT2D eigenvalue weighted by molar-refractivity contribution is -0.122. The maximum Gasteiger partial charge on any atom is 0.237 e. The molecule has 0 fully saturated rings. The summed E-state index contributed by atoms with van der Waals surface area (Å²) < 4.78 is 0. The molecule has 1 rings (SSSR count). The van der Waals surface area contributed by atoms with Crippen LogP contribution in [-0.4, -0.2) is 40.4 Å². The van der Waals surface area contributed by atoms with E-state index in [0.29, 0.717) is 5.56 Å². The van der Waals surface area contributed by atoms with Crippen LogP contribution in [0.3, 0.4) is 0 Å². The van der Waals surface area contributed by atoms with E-state index in [9.17, 15) is 9.90 Å². The number of hydrogen-bond donors (Lipinski definition) is 5. The first-order valence-corrected chi connectivity index (χ1v) is 5.19. The molecule has 0 radical (unpaired) electrons. The highest BCUT2D eigenvalue weighted by molar-refractivity contribution is 5.81. The van der Waals surface area contributed by atoms with Gasteiger partial charge in [-0.1, -0.05) is 6.07 Å². The molecule has 0 saturated heterocycles. The summed E-state index contributed by atoms with van der Waals surface area (Å²) in [7, 11) is 0. The Labute approximate surface area is 98.7 Å². The Morgan fingerprint density at radius 2 is 2.06 bits per heavy atom. The summed E-state index contributed by atoms with van der Waals surface area (Å²) in [4.78, 5) is 11.4. The van der Waals surface area contributed by atoms with Crippen molar-refractivity contribution in [2.24, 2.45) is 5.73 Å². The van der Waals surface area contributed by atoms with Gasteiger partial charge in [-0.25, -0.2) is 0 Å². The number of hydrogen-bond acceptors (Lipinski definition) is 5. The number of amides is 1. The van der Waals surface area contributed by atoms with Crippen molar-refractivity contribution in [3.05, 3.63) is 23.8 Å². The number of benzene rings is 1. The molecule has 94 valence electrons. The molecule has 0 aliphatic rings. The number of aliphatic hydroxyl groups excluding tert-OH is 1. The van der Waals surface area contributed by atoms with E-state index in [2.05, 4.69) is 5.32 Å². The number of aromatic hydroxyl groups is 2. The molecule has 1 amide bonds. The quantitative estimate of drug-likeness (QED) is 0.427. The molecule has 1 aromatic rings. The Hall–Kier alpha value is -1.79. The zero-order chi connectivity index (χ0) is 12.8. The number of rotatable bonds is 5. The Morgan fingerprint density at radius 1 is 1.35 bits per heavy atom. The molecule has 0 spiro atoms. The van der Waals surface area contributed by atoms with Crippen molar-refractivity contribution in [1.29, 1.82) is 0 Å². The molecule has 0 saturated carbocycles. The van der Waals surface area contributed by atoms with Crippen molar-refractivity contribution in [2.75, 3.05) is 13.2 Å². The second-order valence-electron chi connectivity index (χ2n) is 3.65. The third-order valence-corrected chi connectivity index (χ3v) is 2.24. The average Bonchev–Trinajstić information content (AvgIpc) is 2.30. The third kappa shape index (κ3) is 3.93. The minimum Gasteiger partial charge on any atom is -0.504 e. The predicted octanol–water partition coefficient (Wildman–Crippen LogP) is -0.924. The highest BCUT2D eigenvalue weighted by Gasteiger charge is 2.14. The molecule has 0 unspecified atom stereocenters. The second-order valence-corrected chi connectivity index (χ2v) is 3.65. The third-order valence-electron chi connectivity index (χ3n) is 2.24. The molecule has 0 heterocycles. The summed E-state index contributed by atoms with van der Waals surface area (Å²) in [5.74, 6) is -0.830. The number of phenols is 2. The van der Waals surface area contributed by atoms with E-state index < -0.39 is 6.04 Å². The summed E-state index contributed by atoms with van der Waals surface area (Å²) in [6.45, 7) is 0.0197. The van der Waals surface area contributed by atoms with Crippen molar-refractivity contribution in [1.82, 2.24) is 5.32 Å². The smallest absolute Gasteiger partial charge is 0.237 e. The lowest BCUT2D eigenvalue weighted by Crippen LogP contribution is -2.42. The Kier molecular flexibility index (Phi) is 4.74. The molecular formula is C11H16N2O4. The Bertz CT molecular complexity index is 395. The minimum atomic E-state index is -0.759. The van der Waals surface area contributed by atoms with E-state index in [0.717, 1.165) is 0 Å². The van der Waals surface area contributed by atoms with E-state index in [-0.39, 0.29) is 37.0 Å². The maximum atomic E-state index is 11.4. The fraction of sp³-hybridized carbons (Fsp3) is 0.364. The van der Waals surface area contributed by atoms with Crippen LogP contribution in [0.4, 0.5) is 0 Å². The van der Waals surface area contributed by atoms with Crippen LogP contribution < -0.4 is 11.1 Å². The van der Waals surface area contributed by atoms with Gasteiger partial charge >= 0.3 is 0 Å². The fourth-order valence-electron chi connectivity index (χ4n) is 1.35. The van der Waals surface area contributed by atoms with Gasteiger partial charge in [-0.15, -0.1) is 0 Å². The van der Waals surface area contributed by atoms with Crippen LogP contribution in [0.5, 0.6) is 11.5 Å². The van der Waals surface area contributed by atoms with Gasteiger partial charge in [-0.3, -0.25) is 4.79 Å². The molecule has 6 N–H and O–H groups in total. The number of nitrogens with two attached hydrogens (primary N) is 1. The van der Waals surface area contributed by atoms with Gasteiger partial charge in [0.2, 0.25) is 5.91 Å². The maximum absolute atomic E-state index is 11.4. The SMILES string of the molecule is N[C@@H](Cc1ccc(O)c(O)c1)C(=O)NCCO. The second kappa shape index (κ2) is 6.07. The summed E-state index contributed by atoms with van der Waals surface area (Å²) in [6.07, 6.45) is 0.241. The summed E-state index contributed by atoms with van der Waals surface area (Å²) >= 11 is 0. The number of carbonyl (C=O) groups is 1. The van der Waals surface area contributed by atoms with Crippen LogP contribution in [0.25, 0.3) is 0 Å². The predicted molar refractivity (Wildman–Crippen MR) is 61.5 cm³/mol. The molecule has 0 aliphatic heterocycles. The zero-order valence-electron chi connectivity index (χ0n) is 9.26. The normalized spacial score (nSPS) is 12.1. The van der Waals surface area contributed by atoms with E-state index in [1.165, 1.54) is 12.1 Å². The van der Waals surface area contributed by atoms with Crippen LogP contribution in [-0.2, 0) is 11.2 Å². The van der Waals surface area contributed by atoms with Crippen LogP contribution >= 0.6 is 0 Å². The molecule has 17 heavy (non-hydrogen) atoms. The van der Waals surface area contributed by atoms with Gasteiger partial charge in [0.05, 0.1) is 12.6 Å². The van der Waals surface area contributed by atoms with Gasteiger partial charge in [0.1, 0.15) is 0 Å². The van der Waals surface area contributed by atoms with Gasteiger partial charge in [0.15, 0.2) is 11.5 Å². The molecule has 6 heteroatoms. The average molecular weight is 240 g/mol. The van der Waals surface area contributed by atoms with Crippen molar-refractivity contribution >= 4 is 5.91 Å². The Balaban J connectivity index is 2.58. The van der Waals surface area contributed by atoms with Crippen LogP contribution in [0.2, 0.25) is 0 Å². The van der Waals surface area contributed by atoms with E-state index in [1.807, 2.05) is 0 Å². The lowest BCUT2D eigenvalue weighted by Gasteiger charge is -2.12. The minimum absolute atomic E-state index is 0.140. The first-order valence-electron chi connectivity index (χ1n) is 5.19. The monoisotopic (exact) mass is 240 g/mol. The van der Waals surface area contributed by atoms with Crippen molar-refractivity contribution in [2.45, 2.75) is 12.5 Å². The summed E-state index contributed by atoms with van der Waals surface area (Å²) in [5.41, 5.74) is 6.29. The van der Waals surface area contributed by atoms with Crippen molar-refractivity contribution in [3.8, 4) is 11.5 Å². The largest absolute Gasteiger partial charge is 0.504 e. The topological polar surface area (TPSA) is 116 Å². The standard InChI is InChI=1S/C11H16N2O4/c12-8(11(17)13-3-4-14)5-7-1-2-9(15)10(16)6-7/h1-2,6,8,14-16H,3-5,12H2,(H,13,17)/t8-/m0/s1. The van der Waals surface area contributed by atoms with Gasteiger partial charge < -0.3 is 26.4 Å². The highest BCUT2D eigenvalue weighted by atomic mass is 16.3. The van der Waals surface area contributed by atoms with Gasteiger partial charge in [-0.2, -0.15) is 0 Å². The molecule has 1 aromatic carbocycles. The van der Waals surface area contributed by atoms with Crippen LogP contribution in [0.15, 0.2) is 18.2 Å². The van der Waals surface area contributed by atoms with Crippen LogP contribution in [0, 0.1) is 0 Å². The number of aliphatic hydroxyl groups is 1. The Morgan fingerprint density at radius 3 is 2.65 bits per heavy atom. The number of phenolic OH excluding ortho intramolecular Hbond substituents is 2. The first kappa shape index (κ1) is 13.3. The number of carbonyl (C=O) groups excluding carboxylic acids is 1. The van der Waals surface area contributed by atoms with Crippen molar-refractivity contribution < 1.29 is 20.1 Å². The summed E-state index contributed by atoms with van der Waals surface area (Å²) in [5, 5.41) is 29.4. The summed E-state index contributed by atoms with van der Waals surface area (Å²) in [6, 6.07) is 3.51. The van der Waals surface area contributed by atoms with Crippen LogP contribution in [0.1, 0.15) is 5.56 Å². The lowest BCUT2D eigenvalue weighted by atomic mass is 10.1. The molecule has 0 aliphatic carbocycles. The van der Waals surface area contributed by atoms with Gasteiger partial charge in [0.25, 0.3) is 0 Å². The molecular weight excluding hydrogens is 224 g/mol. The van der Waals surface area contributed by atoms with Gasteiger partial charge in [0, 0.05) is 6.54 Å². The van der Waals surface area contributed by atoms with E-state index in [1.54, 1.807) is 6.07 Å². The molecule has 0 bridgehead atoms. The fourth-order valence-corrected chi connectivity index (χ4v) is 1.35. The van der Waals surface area contributed by atoms with E-state index in [4.69, 9.17) is 15.9 Å². The van der Waals surface area contributed by atoms with E-state index >= 15 is 0 Å². The molecule has 1 atom stereocenters.